The van der Waals surface area contributed by atoms with Gasteiger partial charge in [-0.25, -0.2) is 0 Å². The molecule has 0 aromatic carbocycles. The Kier molecular flexibility index (Phi) is 6.46. The summed E-state index contributed by atoms with van der Waals surface area (Å²) in [6.07, 6.45) is 9.42. The van der Waals surface area contributed by atoms with Gasteiger partial charge in [0.15, 0.2) is 11.8 Å². The molecule has 2 amide bonds. The average molecular weight is 467 g/mol. The first kappa shape index (κ1) is 22.4. The highest BCUT2D eigenvalue weighted by molar-refractivity contribution is 5.88. The second-order valence-electron chi connectivity index (χ2n) is 9.20. The van der Waals surface area contributed by atoms with Crippen molar-refractivity contribution in [2.24, 2.45) is 0 Å². The molecule has 34 heavy (non-hydrogen) atoms. The monoisotopic (exact) mass is 466 g/mol. The van der Waals surface area contributed by atoms with Gasteiger partial charge < -0.3 is 19.1 Å². The Morgan fingerprint density at radius 3 is 2.59 bits per heavy atom. The van der Waals surface area contributed by atoms with E-state index in [1.54, 1.807) is 29.4 Å². The van der Waals surface area contributed by atoms with E-state index in [1.807, 2.05) is 13.0 Å². The minimum absolute atomic E-state index is 0.0485. The zero-order chi connectivity index (χ0) is 23.5. The van der Waals surface area contributed by atoms with Crippen LogP contribution in [0.1, 0.15) is 68.9 Å². The Morgan fingerprint density at radius 1 is 1.15 bits per heavy atom. The van der Waals surface area contributed by atoms with Crippen LogP contribution in [0.2, 0.25) is 0 Å². The third-order valence-electron chi connectivity index (χ3n) is 6.74. The maximum absolute atomic E-state index is 13.7. The van der Waals surface area contributed by atoms with Gasteiger partial charge in [-0.3, -0.25) is 9.59 Å². The van der Waals surface area contributed by atoms with Gasteiger partial charge in [0.1, 0.15) is 18.1 Å². The van der Waals surface area contributed by atoms with Crippen LogP contribution in [-0.4, -0.2) is 49.0 Å². The summed E-state index contributed by atoms with van der Waals surface area (Å²) < 4.78 is 11.2. The summed E-state index contributed by atoms with van der Waals surface area (Å²) in [6.45, 7) is 1.71. The number of hydrogen-bond donors (Lipinski definition) is 1. The molecule has 0 radical (unpaired) electrons. The molecule has 10 heteroatoms. The molecule has 2 fully saturated rings. The molecular formula is C24H30N6O4. The fourth-order valence-corrected chi connectivity index (χ4v) is 5.10. The van der Waals surface area contributed by atoms with E-state index in [1.165, 1.54) is 4.80 Å². The molecule has 10 nitrogen and oxygen atoms in total. The quantitative estimate of drug-likeness (QED) is 0.540. The number of nitrogens with one attached hydrogen (secondary N) is 1. The Bertz CT molecular complexity index is 1110. The van der Waals surface area contributed by atoms with E-state index >= 15 is 0 Å². The van der Waals surface area contributed by atoms with Crippen LogP contribution in [-0.2, 0) is 16.1 Å². The minimum atomic E-state index is -0.832. The highest BCUT2D eigenvalue weighted by atomic mass is 16.3. The molecule has 3 aromatic heterocycles. The Morgan fingerprint density at radius 2 is 1.91 bits per heavy atom. The molecule has 0 saturated heterocycles. The predicted molar refractivity (Wildman–Crippen MR) is 121 cm³/mol. The molecule has 0 bridgehead atoms. The molecule has 3 aromatic rings. The Hall–Kier alpha value is -3.43. The first-order chi connectivity index (χ1) is 16.6. The van der Waals surface area contributed by atoms with Crippen molar-refractivity contribution in [3.05, 3.63) is 42.0 Å². The molecule has 2 aliphatic rings. The number of nitrogens with zero attached hydrogens (tertiary/aromatic N) is 5. The molecule has 180 valence electrons. The molecule has 2 aliphatic carbocycles. The lowest BCUT2D eigenvalue weighted by Gasteiger charge is -2.35. The first-order valence-electron chi connectivity index (χ1n) is 12.1. The number of aryl methyl sites for hydroxylation is 1. The van der Waals surface area contributed by atoms with E-state index in [4.69, 9.17) is 8.83 Å². The van der Waals surface area contributed by atoms with Gasteiger partial charge in [-0.2, -0.15) is 4.80 Å². The smallest absolute Gasteiger partial charge is 0.250 e. The van der Waals surface area contributed by atoms with Crippen LogP contribution >= 0.6 is 0 Å². The van der Waals surface area contributed by atoms with Crippen LogP contribution in [0.4, 0.5) is 0 Å². The normalized spacial score (nSPS) is 17.8. The molecule has 1 unspecified atom stereocenters. The second kappa shape index (κ2) is 9.82. The Labute approximate surface area is 197 Å². The van der Waals surface area contributed by atoms with Crippen molar-refractivity contribution in [3.63, 3.8) is 0 Å². The van der Waals surface area contributed by atoms with Crippen LogP contribution in [0.3, 0.4) is 0 Å². The van der Waals surface area contributed by atoms with Gasteiger partial charge in [-0.05, 0) is 62.1 Å². The van der Waals surface area contributed by atoms with E-state index in [2.05, 4.69) is 20.7 Å². The van der Waals surface area contributed by atoms with Crippen LogP contribution in [0.25, 0.3) is 11.6 Å². The average Bonchev–Trinajstić information content (AvgIpc) is 3.63. The number of tetrazole rings is 1. The number of hydrogen-bond acceptors (Lipinski definition) is 7. The zero-order valence-electron chi connectivity index (χ0n) is 19.4. The maximum atomic E-state index is 13.7. The standard InChI is InChI=1S/C24H30N6O4/c1-16-12-13-20(34-16)23-26-28-29(27-23)15-21(31)30(18-9-4-5-10-18)22(19-11-6-14-33-19)24(32)25-17-7-2-3-8-17/h6,11-14,17-18,22H,2-5,7-10,15H2,1H3,(H,25,32). The summed E-state index contributed by atoms with van der Waals surface area (Å²) in [5, 5.41) is 15.6. The lowest BCUT2D eigenvalue weighted by atomic mass is 10.1. The highest BCUT2D eigenvalue weighted by Gasteiger charge is 2.40. The van der Waals surface area contributed by atoms with Crippen molar-refractivity contribution in [1.82, 2.24) is 30.4 Å². The summed E-state index contributed by atoms with van der Waals surface area (Å²) in [5.41, 5.74) is 0. The number of rotatable bonds is 8. The molecule has 0 spiro atoms. The molecule has 3 heterocycles. The lowest BCUT2D eigenvalue weighted by molar-refractivity contribution is -0.145. The summed E-state index contributed by atoms with van der Waals surface area (Å²) in [7, 11) is 0. The van der Waals surface area contributed by atoms with Gasteiger partial charge in [-0.15, -0.1) is 10.2 Å². The van der Waals surface area contributed by atoms with Crippen molar-refractivity contribution in [2.45, 2.75) is 83.0 Å². The fourth-order valence-electron chi connectivity index (χ4n) is 5.10. The van der Waals surface area contributed by atoms with Gasteiger partial charge in [-0.1, -0.05) is 25.7 Å². The van der Waals surface area contributed by atoms with Crippen molar-refractivity contribution < 1.29 is 18.4 Å². The fraction of sp³-hybridized carbons (Fsp3) is 0.542. The SMILES string of the molecule is Cc1ccc(-c2nnn(CC(=O)N(C3CCCC3)C(C(=O)NC3CCCC3)c3ccco3)n2)o1. The number of furan rings is 2. The van der Waals surface area contributed by atoms with Crippen molar-refractivity contribution in [3.8, 4) is 11.6 Å². The van der Waals surface area contributed by atoms with Crippen molar-refractivity contribution in [2.75, 3.05) is 0 Å². The van der Waals surface area contributed by atoms with E-state index in [0.29, 0.717) is 17.3 Å². The van der Waals surface area contributed by atoms with E-state index in [0.717, 1.165) is 57.1 Å². The van der Waals surface area contributed by atoms with Crippen LogP contribution in [0, 0.1) is 6.92 Å². The summed E-state index contributed by atoms with van der Waals surface area (Å²) in [4.78, 5) is 30.1. The number of amides is 2. The van der Waals surface area contributed by atoms with Crippen LogP contribution < -0.4 is 5.32 Å². The zero-order valence-corrected chi connectivity index (χ0v) is 19.4. The van der Waals surface area contributed by atoms with Gasteiger partial charge in [0.05, 0.1) is 6.26 Å². The lowest BCUT2D eigenvalue weighted by Crippen LogP contribution is -2.50. The van der Waals surface area contributed by atoms with Crippen molar-refractivity contribution >= 4 is 11.8 Å². The predicted octanol–water partition coefficient (Wildman–Crippen LogP) is 3.41. The number of carbonyl (C=O) groups is 2. The van der Waals surface area contributed by atoms with Gasteiger partial charge in [0.2, 0.25) is 11.7 Å². The molecular weight excluding hydrogens is 436 g/mol. The molecule has 5 rings (SSSR count). The third kappa shape index (κ3) is 4.76. The molecule has 0 aliphatic heterocycles. The maximum Gasteiger partial charge on any atom is 0.250 e. The van der Waals surface area contributed by atoms with E-state index < -0.39 is 6.04 Å². The Balaban J connectivity index is 1.40. The number of carbonyl (C=O) groups excluding carboxylic acids is 2. The van der Waals surface area contributed by atoms with E-state index in [-0.39, 0.29) is 30.4 Å². The van der Waals surface area contributed by atoms with Crippen molar-refractivity contribution in [1.29, 1.82) is 0 Å². The first-order valence-corrected chi connectivity index (χ1v) is 12.1. The second-order valence-corrected chi connectivity index (χ2v) is 9.20. The highest BCUT2D eigenvalue weighted by Crippen LogP contribution is 2.33. The number of aromatic nitrogens is 4. The molecule has 1 atom stereocenters. The summed E-state index contributed by atoms with van der Waals surface area (Å²) >= 11 is 0. The minimum Gasteiger partial charge on any atom is -0.467 e. The largest absolute Gasteiger partial charge is 0.467 e. The summed E-state index contributed by atoms with van der Waals surface area (Å²) in [6, 6.07) is 6.36. The van der Waals surface area contributed by atoms with Crippen LogP contribution in [0.15, 0.2) is 39.4 Å². The van der Waals surface area contributed by atoms with Gasteiger partial charge >= 0.3 is 0 Å². The molecule has 2 saturated carbocycles. The molecule has 1 N–H and O–H groups in total. The summed E-state index contributed by atoms with van der Waals surface area (Å²) in [5.74, 6) is 1.58. The van der Waals surface area contributed by atoms with E-state index in [9.17, 15) is 9.59 Å². The third-order valence-corrected chi connectivity index (χ3v) is 6.74. The van der Waals surface area contributed by atoms with Gasteiger partial charge in [0.25, 0.3) is 5.91 Å². The van der Waals surface area contributed by atoms with Gasteiger partial charge in [0, 0.05) is 12.1 Å². The van der Waals surface area contributed by atoms with Crippen LogP contribution in [0.5, 0.6) is 0 Å². The topological polar surface area (TPSA) is 119 Å².